The minimum atomic E-state index is -0.142. The fraction of sp³-hybridized carbons (Fsp3) is 0.0526. The largest absolute Gasteiger partial charge is 0.310 e. The van der Waals surface area contributed by atoms with Gasteiger partial charge in [-0.2, -0.15) is 0 Å². The summed E-state index contributed by atoms with van der Waals surface area (Å²) in [6.07, 6.45) is 0. The van der Waals surface area contributed by atoms with Crippen LogP contribution >= 0.6 is 0 Å². The van der Waals surface area contributed by atoms with Crippen molar-refractivity contribution in [1.29, 1.82) is 0 Å². The molecule has 0 bridgehead atoms. The van der Waals surface area contributed by atoms with Gasteiger partial charge in [-0.3, -0.25) is 0 Å². The Hall–Kier alpha value is -7.42. The number of benzene rings is 9. The molecule has 1 aliphatic rings. The van der Waals surface area contributed by atoms with E-state index in [4.69, 9.17) is 0 Å². The van der Waals surface area contributed by atoms with E-state index in [-0.39, 0.29) is 5.41 Å². The van der Waals surface area contributed by atoms with Gasteiger partial charge in [0.2, 0.25) is 0 Å². The predicted molar refractivity (Wildman–Crippen MR) is 249 cm³/mol. The highest BCUT2D eigenvalue weighted by Crippen LogP contribution is 2.51. The third-order valence-corrected chi connectivity index (χ3v) is 12.4. The molecule has 0 saturated carbocycles. The molecule has 59 heavy (non-hydrogen) atoms. The second-order valence-corrected chi connectivity index (χ2v) is 16.2. The van der Waals surface area contributed by atoms with Crippen LogP contribution in [-0.4, -0.2) is 4.57 Å². The van der Waals surface area contributed by atoms with Crippen LogP contribution in [0.1, 0.15) is 25.0 Å². The molecular weight excluding hydrogens is 713 g/mol. The lowest BCUT2D eigenvalue weighted by Crippen LogP contribution is -2.17. The molecule has 2 heteroatoms. The van der Waals surface area contributed by atoms with Crippen molar-refractivity contribution in [3.05, 3.63) is 230 Å². The van der Waals surface area contributed by atoms with E-state index in [2.05, 4.69) is 242 Å². The Labute approximate surface area is 345 Å². The fourth-order valence-electron chi connectivity index (χ4n) is 9.48. The van der Waals surface area contributed by atoms with Gasteiger partial charge >= 0.3 is 0 Å². The van der Waals surface area contributed by atoms with Gasteiger partial charge in [-0.05, 0) is 105 Å². The van der Waals surface area contributed by atoms with Gasteiger partial charge in [0.25, 0.3) is 0 Å². The van der Waals surface area contributed by atoms with E-state index in [9.17, 15) is 0 Å². The molecule has 11 rings (SSSR count). The van der Waals surface area contributed by atoms with Crippen molar-refractivity contribution < 1.29 is 0 Å². The minimum absolute atomic E-state index is 0.142. The Morgan fingerprint density at radius 1 is 0.356 bits per heavy atom. The van der Waals surface area contributed by atoms with Crippen LogP contribution in [0, 0.1) is 0 Å². The Morgan fingerprint density at radius 2 is 0.898 bits per heavy atom. The molecule has 1 aliphatic carbocycles. The molecule has 0 fully saturated rings. The first-order chi connectivity index (χ1) is 29.0. The smallest absolute Gasteiger partial charge is 0.0541 e. The van der Waals surface area contributed by atoms with Gasteiger partial charge in [0.15, 0.2) is 0 Å². The van der Waals surface area contributed by atoms with Gasteiger partial charge in [-0.15, -0.1) is 0 Å². The average Bonchev–Trinajstić information content (AvgIpc) is 3.75. The molecule has 0 saturated heterocycles. The monoisotopic (exact) mass is 754 g/mol. The molecule has 0 radical (unpaired) electrons. The van der Waals surface area contributed by atoms with Crippen LogP contribution in [-0.2, 0) is 5.41 Å². The molecule has 0 N–H and O–H groups in total. The number of anilines is 3. The van der Waals surface area contributed by atoms with Crippen molar-refractivity contribution in [2.75, 3.05) is 4.90 Å². The summed E-state index contributed by atoms with van der Waals surface area (Å²) >= 11 is 0. The summed E-state index contributed by atoms with van der Waals surface area (Å²) < 4.78 is 2.41. The Balaban J connectivity index is 1.12. The molecule has 0 spiro atoms. The van der Waals surface area contributed by atoms with Crippen LogP contribution in [0.25, 0.3) is 72.0 Å². The molecule has 1 heterocycles. The van der Waals surface area contributed by atoms with Crippen molar-refractivity contribution in [3.8, 4) is 50.2 Å². The number of hydrogen-bond acceptors (Lipinski definition) is 1. The van der Waals surface area contributed by atoms with Gasteiger partial charge in [0.05, 0.1) is 16.7 Å². The number of fused-ring (bicyclic) bond motifs is 6. The lowest BCUT2D eigenvalue weighted by atomic mass is 9.82. The minimum Gasteiger partial charge on any atom is -0.310 e. The highest BCUT2D eigenvalue weighted by molar-refractivity contribution is 6.09. The van der Waals surface area contributed by atoms with Gasteiger partial charge in [-0.25, -0.2) is 0 Å². The van der Waals surface area contributed by atoms with Crippen LogP contribution in [0.2, 0.25) is 0 Å². The quantitative estimate of drug-likeness (QED) is 0.157. The van der Waals surface area contributed by atoms with Crippen LogP contribution < -0.4 is 4.90 Å². The van der Waals surface area contributed by atoms with Crippen LogP contribution in [0.5, 0.6) is 0 Å². The van der Waals surface area contributed by atoms with E-state index in [0.717, 1.165) is 22.7 Å². The van der Waals surface area contributed by atoms with Crippen molar-refractivity contribution in [1.82, 2.24) is 4.57 Å². The third kappa shape index (κ3) is 5.79. The zero-order valence-electron chi connectivity index (χ0n) is 33.2. The highest BCUT2D eigenvalue weighted by atomic mass is 15.1. The van der Waals surface area contributed by atoms with Gasteiger partial charge in [0.1, 0.15) is 0 Å². The van der Waals surface area contributed by atoms with Crippen molar-refractivity contribution >= 4 is 38.9 Å². The maximum atomic E-state index is 2.47. The van der Waals surface area contributed by atoms with Crippen molar-refractivity contribution in [2.45, 2.75) is 19.3 Å². The summed E-state index contributed by atoms with van der Waals surface area (Å²) in [5.74, 6) is 0. The van der Waals surface area contributed by atoms with E-state index in [0.29, 0.717) is 0 Å². The summed E-state index contributed by atoms with van der Waals surface area (Å²) in [7, 11) is 0. The highest BCUT2D eigenvalue weighted by Gasteiger charge is 2.36. The third-order valence-electron chi connectivity index (χ3n) is 12.4. The van der Waals surface area contributed by atoms with Crippen molar-refractivity contribution in [3.63, 3.8) is 0 Å². The first kappa shape index (κ1) is 34.8. The number of nitrogens with zero attached hydrogens (tertiary/aromatic N) is 2. The molecule has 1 aromatic heterocycles. The van der Waals surface area contributed by atoms with E-state index in [1.165, 1.54) is 77.4 Å². The summed E-state index contributed by atoms with van der Waals surface area (Å²) in [6.45, 7) is 4.73. The molecule has 0 aliphatic heterocycles. The SMILES string of the molecule is CC1(C)c2ccccc2-c2ccc(N(c3cccc(-n4c5ccccc5c5ccccc54)c3)c3ccc(-c4ccc(-c5ccccc5)cc4)cc3-c3ccccc3)cc21. The fourth-order valence-corrected chi connectivity index (χ4v) is 9.48. The zero-order valence-corrected chi connectivity index (χ0v) is 33.2. The van der Waals surface area contributed by atoms with Crippen LogP contribution in [0.3, 0.4) is 0 Å². The number of rotatable bonds is 7. The molecule has 280 valence electrons. The lowest BCUT2D eigenvalue weighted by molar-refractivity contribution is 0.660. The van der Waals surface area contributed by atoms with E-state index in [1.54, 1.807) is 0 Å². The predicted octanol–water partition coefficient (Wildman–Crippen LogP) is 15.6. The zero-order chi connectivity index (χ0) is 39.5. The second kappa shape index (κ2) is 13.9. The van der Waals surface area contributed by atoms with Crippen LogP contribution in [0.15, 0.2) is 218 Å². The van der Waals surface area contributed by atoms with E-state index in [1.807, 2.05) is 0 Å². The summed E-state index contributed by atoms with van der Waals surface area (Å²) in [5, 5.41) is 2.51. The van der Waals surface area contributed by atoms with E-state index < -0.39 is 0 Å². The van der Waals surface area contributed by atoms with Gasteiger partial charge < -0.3 is 9.47 Å². The normalized spacial score (nSPS) is 12.7. The topological polar surface area (TPSA) is 8.17 Å². The summed E-state index contributed by atoms with van der Waals surface area (Å²) in [6, 6.07) is 79.9. The lowest BCUT2D eigenvalue weighted by Gasteiger charge is -2.30. The average molecular weight is 755 g/mol. The molecule has 0 atom stereocenters. The second-order valence-electron chi connectivity index (χ2n) is 16.2. The molecule has 0 amide bonds. The van der Waals surface area contributed by atoms with Crippen molar-refractivity contribution in [2.24, 2.45) is 0 Å². The molecule has 2 nitrogen and oxygen atoms in total. The standard InChI is InChI=1S/C57H42N2/c1-57(2)52-25-12-9-22-47(52)48-34-33-46(38-53(48)57)58(44-20-15-21-45(37-44)59-54-26-13-10-23-49(54)50-24-11-14-27-55(50)59)56-35-32-43(36-51(56)42-18-7-4-8-19-42)41-30-28-40(29-31-41)39-16-5-3-6-17-39/h3-38H,1-2H3. The Morgan fingerprint density at radius 3 is 1.61 bits per heavy atom. The Kier molecular flexibility index (Phi) is 8.20. The molecule has 9 aromatic carbocycles. The first-order valence-corrected chi connectivity index (χ1v) is 20.5. The Bertz CT molecular complexity index is 3120. The number of aromatic nitrogens is 1. The number of hydrogen-bond donors (Lipinski definition) is 0. The number of para-hydroxylation sites is 2. The molecule has 10 aromatic rings. The van der Waals surface area contributed by atoms with Gasteiger partial charge in [-0.1, -0.05) is 178 Å². The maximum absolute atomic E-state index is 2.47. The summed E-state index contributed by atoms with van der Waals surface area (Å²) in [4.78, 5) is 2.47. The summed E-state index contributed by atoms with van der Waals surface area (Å²) in [5.41, 5.74) is 19.2. The van der Waals surface area contributed by atoms with Gasteiger partial charge in [0, 0.05) is 38.8 Å². The van der Waals surface area contributed by atoms with E-state index >= 15 is 0 Å². The first-order valence-electron chi connectivity index (χ1n) is 20.5. The molecular formula is C57H42N2. The van der Waals surface area contributed by atoms with Crippen LogP contribution in [0.4, 0.5) is 17.1 Å². The molecule has 0 unspecified atom stereocenters. The maximum Gasteiger partial charge on any atom is 0.0541 e.